The zero-order valence-electron chi connectivity index (χ0n) is 15.6. The van der Waals surface area contributed by atoms with Crippen molar-refractivity contribution in [3.8, 4) is 17.6 Å². The number of hydrogen-bond acceptors (Lipinski definition) is 4. The Bertz CT molecular complexity index is 1230. The summed E-state index contributed by atoms with van der Waals surface area (Å²) in [5, 5.41) is 0.509. The molecule has 3 aromatic rings. The maximum atomic E-state index is 12.5. The highest BCUT2D eigenvalue weighted by atomic mass is 35.5. The van der Waals surface area contributed by atoms with Crippen molar-refractivity contribution in [2.75, 3.05) is 7.05 Å². The zero-order chi connectivity index (χ0) is 21.3. The quantitative estimate of drug-likeness (QED) is 0.568. The maximum absolute atomic E-state index is 12.5. The molecule has 9 heteroatoms. The fraction of sp³-hybridized carbons (Fsp3) is 0.143. The van der Waals surface area contributed by atoms with Gasteiger partial charge in [0.15, 0.2) is 0 Å². The largest absolute Gasteiger partial charge is 0.573 e. The van der Waals surface area contributed by atoms with Crippen LogP contribution in [0, 0.1) is 11.8 Å². The van der Waals surface area contributed by atoms with E-state index in [-0.39, 0.29) is 5.75 Å². The fourth-order valence-electron chi connectivity index (χ4n) is 2.89. The van der Waals surface area contributed by atoms with Crippen molar-refractivity contribution in [3.05, 3.63) is 76.8 Å². The predicted molar refractivity (Wildman–Crippen MR) is 107 cm³/mol. The van der Waals surface area contributed by atoms with E-state index in [0.29, 0.717) is 34.2 Å². The lowest BCUT2D eigenvalue weighted by Crippen LogP contribution is -2.27. The second-order valence-corrected chi connectivity index (χ2v) is 6.90. The van der Waals surface area contributed by atoms with Crippen LogP contribution < -0.4 is 4.74 Å². The SMILES string of the molecule is CN(Cc1nc2ccc(Cl)cn2c1C#Cc1cccc(OC(F)(F)F)c1)C1=NC=C1. The molecule has 0 saturated heterocycles. The first kappa shape index (κ1) is 19.9. The van der Waals surface area contributed by atoms with Crippen LogP contribution in [0.15, 0.2) is 59.9 Å². The van der Waals surface area contributed by atoms with E-state index in [9.17, 15) is 13.2 Å². The Kier molecular flexibility index (Phi) is 5.14. The third kappa shape index (κ3) is 4.42. The van der Waals surface area contributed by atoms with Gasteiger partial charge in [-0.15, -0.1) is 13.2 Å². The van der Waals surface area contributed by atoms with Gasteiger partial charge in [-0.1, -0.05) is 23.6 Å². The van der Waals surface area contributed by atoms with Crippen LogP contribution in [0.4, 0.5) is 13.2 Å². The fourth-order valence-corrected chi connectivity index (χ4v) is 3.05. The first-order valence-electron chi connectivity index (χ1n) is 8.78. The standard InChI is InChI=1S/C21H14ClF3N4O/c1-28(19-9-10-26-19)13-17-18(29-12-15(22)6-8-20(29)27-17)7-5-14-3-2-4-16(11-14)30-21(23,24)25/h2-4,6,8-12H,13H2,1H3. The molecule has 4 rings (SSSR count). The van der Waals surface area contributed by atoms with Crippen LogP contribution in [0.2, 0.25) is 5.02 Å². The number of pyridine rings is 1. The van der Waals surface area contributed by atoms with E-state index in [0.717, 1.165) is 5.84 Å². The Morgan fingerprint density at radius 3 is 2.70 bits per heavy atom. The van der Waals surface area contributed by atoms with Gasteiger partial charge in [0.2, 0.25) is 0 Å². The van der Waals surface area contributed by atoms with E-state index >= 15 is 0 Å². The van der Waals surface area contributed by atoms with Crippen molar-refractivity contribution < 1.29 is 17.9 Å². The number of aromatic nitrogens is 2. The highest BCUT2D eigenvalue weighted by Gasteiger charge is 2.31. The first-order chi connectivity index (χ1) is 14.3. The molecule has 2 aromatic heterocycles. The predicted octanol–water partition coefficient (Wildman–Crippen LogP) is 4.64. The van der Waals surface area contributed by atoms with Gasteiger partial charge in [-0.05, 0) is 42.3 Å². The van der Waals surface area contributed by atoms with E-state index in [1.807, 2.05) is 18.0 Å². The second kappa shape index (κ2) is 7.76. The molecule has 1 aliphatic rings. The molecule has 0 fully saturated rings. The van der Waals surface area contributed by atoms with E-state index < -0.39 is 6.36 Å². The Morgan fingerprint density at radius 1 is 1.20 bits per heavy atom. The van der Waals surface area contributed by atoms with E-state index in [1.165, 1.54) is 18.2 Å². The molecule has 1 aromatic carbocycles. The van der Waals surface area contributed by atoms with Crippen molar-refractivity contribution in [2.45, 2.75) is 12.9 Å². The third-order valence-electron chi connectivity index (χ3n) is 4.26. The summed E-state index contributed by atoms with van der Waals surface area (Å²) in [4.78, 5) is 10.7. The molecule has 30 heavy (non-hydrogen) atoms. The highest BCUT2D eigenvalue weighted by Crippen LogP contribution is 2.23. The third-order valence-corrected chi connectivity index (χ3v) is 4.48. The minimum absolute atomic E-state index is 0.328. The van der Waals surface area contributed by atoms with Crippen LogP contribution in [0.25, 0.3) is 5.65 Å². The summed E-state index contributed by atoms with van der Waals surface area (Å²) in [5.41, 5.74) is 2.31. The average molecular weight is 431 g/mol. The van der Waals surface area contributed by atoms with Crippen LogP contribution in [0.3, 0.4) is 0 Å². The van der Waals surface area contributed by atoms with Crippen LogP contribution in [-0.2, 0) is 6.54 Å². The van der Waals surface area contributed by atoms with Gasteiger partial charge in [0, 0.05) is 25.0 Å². The number of hydrogen-bond donors (Lipinski definition) is 0. The molecule has 0 N–H and O–H groups in total. The lowest BCUT2D eigenvalue weighted by atomic mass is 10.2. The molecule has 152 valence electrons. The smallest absolute Gasteiger partial charge is 0.406 e. The molecule has 0 radical (unpaired) electrons. The van der Waals surface area contributed by atoms with Crippen molar-refractivity contribution >= 4 is 23.1 Å². The summed E-state index contributed by atoms with van der Waals surface area (Å²) in [5.74, 6) is 6.40. The monoisotopic (exact) mass is 430 g/mol. The summed E-state index contributed by atoms with van der Waals surface area (Å²) in [7, 11) is 1.88. The lowest BCUT2D eigenvalue weighted by Gasteiger charge is -2.20. The average Bonchev–Trinajstić information content (AvgIpc) is 2.93. The summed E-state index contributed by atoms with van der Waals surface area (Å²) >= 11 is 6.13. The Balaban J connectivity index is 1.71. The molecular weight excluding hydrogens is 417 g/mol. The zero-order valence-corrected chi connectivity index (χ0v) is 16.4. The van der Waals surface area contributed by atoms with Gasteiger partial charge in [0.1, 0.15) is 22.9 Å². The number of amidine groups is 1. The Hall–Kier alpha value is -3.44. The molecule has 1 aliphatic heterocycles. The van der Waals surface area contributed by atoms with Gasteiger partial charge in [-0.2, -0.15) is 0 Å². The van der Waals surface area contributed by atoms with Crippen LogP contribution in [0.1, 0.15) is 17.0 Å². The summed E-state index contributed by atoms with van der Waals surface area (Å²) in [6.07, 6.45) is 0.512. The van der Waals surface area contributed by atoms with Gasteiger partial charge < -0.3 is 9.64 Å². The van der Waals surface area contributed by atoms with Gasteiger partial charge in [-0.3, -0.25) is 4.40 Å². The number of aliphatic imine (C=N–C) groups is 1. The minimum atomic E-state index is -4.76. The Morgan fingerprint density at radius 2 is 2.00 bits per heavy atom. The minimum Gasteiger partial charge on any atom is -0.406 e. The van der Waals surface area contributed by atoms with Crippen molar-refractivity contribution in [1.29, 1.82) is 0 Å². The molecule has 0 spiro atoms. The number of likely N-dealkylation sites (N-methyl/N-ethyl adjacent to an activating group) is 1. The molecule has 0 atom stereocenters. The number of fused-ring (bicyclic) bond motifs is 1. The molecule has 5 nitrogen and oxygen atoms in total. The number of ether oxygens (including phenoxy) is 1. The topological polar surface area (TPSA) is 42.1 Å². The molecular formula is C21H14ClF3N4O. The number of alkyl halides is 3. The number of nitrogens with zero attached hydrogens (tertiary/aromatic N) is 4. The first-order valence-corrected chi connectivity index (χ1v) is 9.16. The summed E-state index contributed by atoms with van der Waals surface area (Å²) in [6.45, 7) is 0.448. The number of halogens is 4. The molecule has 0 bridgehead atoms. The van der Waals surface area contributed by atoms with Gasteiger partial charge in [0.05, 0.1) is 17.3 Å². The number of benzene rings is 1. The van der Waals surface area contributed by atoms with Gasteiger partial charge in [-0.25, -0.2) is 9.98 Å². The molecule has 0 unspecified atom stereocenters. The van der Waals surface area contributed by atoms with E-state index in [1.54, 1.807) is 35.0 Å². The van der Waals surface area contributed by atoms with E-state index in [2.05, 4.69) is 26.6 Å². The second-order valence-electron chi connectivity index (χ2n) is 6.47. The van der Waals surface area contributed by atoms with Gasteiger partial charge in [0.25, 0.3) is 0 Å². The molecule has 0 amide bonds. The Labute approximate surface area is 175 Å². The van der Waals surface area contributed by atoms with Crippen LogP contribution >= 0.6 is 11.6 Å². The van der Waals surface area contributed by atoms with Crippen molar-refractivity contribution in [3.63, 3.8) is 0 Å². The van der Waals surface area contributed by atoms with Crippen LogP contribution in [-0.4, -0.2) is 33.5 Å². The summed E-state index contributed by atoms with van der Waals surface area (Å²) < 4.78 is 43.1. The van der Waals surface area contributed by atoms with Gasteiger partial charge >= 0.3 is 6.36 Å². The molecule has 0 saturated carbocycles. The van der Waals surface area contributed by atoms with Crippen LogP contribution in [0.5, 0.6) is 5.75 Å². The van der Waals surface area contributed by atoms with Crippen molar-refractivity contribution in [2.24, 2.45) is 4.99 Å². The highest BCUT2D eigenvalue weighted by molar-refractivity contribution is 6.30. The number of imidazole rings is 1. The lowest BCUT2D eigenvalue weighted by molar-refractivity contribution is -0.274. The molecule has 3 heterocycles. The normalized spacial score (nSPS) is 12.8. The maximum Gasteiger partial charge on any atom is 0.573 e. The summed E-state index contributed by atoms with van der Waals surface area (Å²) in [6, 6.07) is 9.01. The molecule has 0 aliphatic carbocycles. The number of rotatable bonds is 3. The van der Waals surface area contributed by atoms with E-state index in [4.69, 9.17) is 11.6 Å². The van der Waals surface area contributed by atoms with Crippen molar-refractivity contribution in [1.82, 2.24) is 14.3 Å².